The van der Waals surface area contributed by atoms with Crippen LogP contribution in [0.5, 0.6) is 0 Å². The van der Waals surface area contributed by atoms with Crippen LogP contribution >= 0.6 is 86.9 Å². The molecule has 0 saturated carbocycles. The Kier molecular flexibility index (Phi) is 43.5. The van der Waals surface area contributed by atoms with Gasteiger partial charge in [0.25, 0.3) is 11.4 Å². The summed E-state index contributed by atoms with van der Waals surface area (Å²) < 4.78 is 65.0. The van der Waals surface area contributed by atoms with Crippen LogP contribution in [-0.2, 0) is 52.4 Å². The van der Waals surface area contributed by atoms with E-state index in [1.807, 2.05) is 19.9 Å². The molecular formula is C49H48Br4Cl2F3N11O9S. The Morgan fingerprint density at radius 1 is 0.696 bits per heavy atom. The second kappa shape index (κ2) is 43.8. The summed E-state index contributed by atoms with van der Waals surface area (Å²) in [6, 6.07) is 24.5. The van der Waals surface area contributed by atoms with Gasteiger partial charge in [-0.25, -0.2) is 32.9 Å². The molecule has 0 radical (unpaired) electrons. The predicted octanol–water partition coefficient (Wildman–Crippen LogP) is 16.0. The van der Waals surface area contributed by atoms with Gasteiger partial charge in [0.1, 0.15) is 0 Å². The first-order chi connectivity index (χ1) is 36.9. The first-order valence-electron chi connectivity index (χ1n) is 21.2. The zero-order chi connectivity index (χ0) is 62.1. The Balaban J connectivity index is -0.000000413. The number of esters is 1. The monoisotopic (exact) mass is 1410 g/mol. The fourth-order valence-electron chi connectivity index (χ4n) is 4.28. The number of carbonyl (C=O) groups is 1. The van der Waals surface area contributed by atoms with Gasteiger partial charge in [-0.3, -0.25) is 29.6 Å². The third-order valence-electron chi connectivity index (χ3n) is 7.73. The van der Waals surface area contributed by atoms with Gasteiger partial charge in [0.05, 0.1) is 43.9 Å². The fourth-order valence-corrected chi connectivity index (χ4v) is 6.64. The van der Waals surface area contributed by atoms with Crippen LogP contribution in [0.2, 0.25) is 10.0 Å². The summed E-state index contributed by atoms with van der Waals surface area (Å²) in [6.45, 7) is 43.9. The van der Waals surface area contributed by atoms with Crippen molar-refractivity contribution in [3.8, 4) is 6.07 Å². The van der Waals surface area contributed by atoms with Crippen molar-refractivity contribution in [2.75, 3.05) is 23.8 Å². The standard InChI is InChI=1S/2C8H6BrClN2.C8H5BrN2O2.C8H7BrN2.C8H6N2O2.C4H8O2.C2H3N.C2H6.CHF3O3S/c1-12-4-5-2-7(10)8(11)3-6(5)9;1-12-4-5-2-3-6(11)8(10)7(5)9;1-10-5-6-2-3-7(11(12)13)4-8(6)9;1-11-5-6-2-3-7(10)4-8(6)9;1-9-6-7-2-4-8(5-3-7)10(11)12;1-3-6-4(2)5;1-2-3;1-2;2-1(3,4)8(5,6)7/h2*2-3H,4,11H2;2-4H,5H2;2-4H,5,10H2;2-5H,6H2;3H2,1-2H3;1H3;1-2H3;(H,5,6,7). The SMILES string of the molecule is CC.CC#N.CCOC(C)=O.O=S(=O)(O)C(F)(F)F.[C-]#[N+]Cc1cc(Cl)c(N)cc1Br.[C-]#[N+]Cc1ccc(N)c(Cl)c1Br.[C-]#[N+]Cc1ccc(N)cc1Br.[C-]#[N+]Cc1ccc([N+](=O)[O-])cc1.[C-]#[N+]Cc1ccc([N+](=O)[O-])cc1Br. The molecule has 5 aromatic rings. The van der Waals surface area contributed by atoms with Crippen LogP contribution in [0, 0.1) is 64.4 Å². The Morgan fingerprint density at radius 2 is 1.08 bits per heavy atom. The van der Waals surface area contributed by atoms with Gasteiger partial charge < -0.3 is 46.2 Å². The van der Waals surface area contributed by atoms with Crippen LogP contribution in [0.4, 0.5) is 41.6 Å². The number of rotatable bonds is 8. The Hall–Kier alpha value is -7.09. The number of halogens is 9. The molecule has 422 valence electrons. The number of carbonyl (C=O) groups excluding carboxylic acids is 1. The fraction of sp³-hybridized carbons (Fsp3) is 0.245. The van der Waals surface area contributed by atoms with Crippen LogP contribution < -0.4 is 17.2 Å². The topological polar surface area (TPSA) is 291 Å². The van der Waals surface area contributed by atoms with Gasteiger partial charge in [0.15, 0.2) is 0 Å². The summed E-state index contributed by atoms with van der Waals surface area (Å²) >= 11 is 24.7. The zero-order valence-electron chi connectivity index (χ0n) is 42.2. The minimum Gasteiger partial charge on any atom is -0.466 e. The number of anilines is 3. The lowest BCUT2D eigenvalue weighted by atomic mass is 10.2. The Bertz CT molecular complexity index is 3130. The van der Waals surface area contributed by atoms with E-state index in [-0.39, 0.29) is 30.4 Å². The average Bonchev–Trinajstić information content (AvgIpc) is 3.37. The average molecular weight is 1410 g/mol. The number of alkyl halides is 3. The molecule has 0 fully saturated rings. The lowest BCUT2D eigenvalue weighted by Gasteiger charge is -2.02. The van der Waals surface area contributed by atoms with E-state index in [1.54, 1.807) is 67.6 Å². The maximum atomic E-state index is 10.7. The van der Waals surface area contributed by atoms with E-state index in [0.717, 1.165) is 41.2 Å². The Morgan fingerprint density at radius 3 is 1.44 bits per heavy atom. The van der Waals surface area contributed by atoms with Crippen molar-refractivity contribution in [3.63, 3.8) is 0 Å². The van der Waals surface area contributed by atoms with Crippen LogP contribution in [0.1, 0.15) is 62.4 Å². The highest BCUT2D eigenvalue weighted by molar-refractivity contribution is 9.11. The molecular weight excluding hydrogens is 1370 g/mol. The number of nitriles is 1. The molecule has 0 saturated heterocycles. The van der Waals surface area contributed by atoms with Crippen molar-refractivity contribution in [2.45, 2.75) is 72.9 Å². The maximum absolute atomic E-state index is 10.7. The minimum absolute atomic E-state index is 0.0283. The third-order valence-corrected chi connectivity index (χ3v) is 12.4. The number of nitrogens with two attached hydrogens (primary N) is 3. The number of benzene rings is 5. The summed E-state index contributed by atoms with van der Waals surface area (Å²) in [5, 5.41) is 28.9. The molecule has 7 N–H and O–H groups in total. The lowest BCUT2D eigenvalue weighted by molar-refractivity contribution is -0.385. The van der Waals surface area contributed by atoms with Crippen molar-refractivity contribution in [3.05, 3.63) is 218 Å². The molecule has 0 atom stereocenters. The zero-order valence-corrected chi connectivity index (χ0v) is 50.8. The predicted molar refractivity (Wildman–Crippen MR) is 314 cm³/mol. The van der Waals surface area contributed by atoms with Gasteiger partial charge in [-0.1, -0.05) is 68.9 Å². The molecule has 20 nitrogen and oxygen atoms in total. The molecule has 0 spiro atoms. The normalized spacial score (nSPS) is 9.18. The highest BCUT2D eigenvalue weighted by atomic mass is 79.9. The van der Waals surface area contributed by atoms with E-state index in [1.165, 1.54) is 38.1 Å². The van der Waals surface area contributed by atoms with Gasteiger partial charge in [-0.2, -0.15) is 26.9 Å². The summed E-state index contributed by atoms with van der Waals surface area (Å²) in [4.78, 5) is 45.6. The van der Waals surface area contributed by atoms with Crippen LogP contribution in [0.3, 0.4) is 0 Å². The lowest BCUT2D eigenvalue weighted by Crippen LogP contribution is -2.21. The first-order valence-corrected chi connectivity index (χ1v) is 26.5. The van der Waals surface area contributed by atoms with E-state index in [0.29, 0.717) is 57.8 Å². The van der Waals surface area contributed by atoms with E-state index in [9.17, 15) is 38.2 Å². The molecule has 0 aliphatic carbocycles. The van der Waals surface area contributed by atoms with E-state index < -0.39 is 25.5 Å². The maximum Gasteiger partial charge on any atom is 0.522 e. The minimum atomic E-state index is -5.84. The summed E-state index contributed by atoms with van der Waals surface area (Å²) in [7, 11) is -5.84. The molecule has 0 unspecified atom stereocenters. The summed E-state index contributed by atoms with van der Waals surface area (Å²) in [5.41, 5.74) is 17.2. The second-order valence-electron chi connectivity index (χ2n) is 13.4. The molecule has 0 aliphatic rings. The molecule has 0 bridgehead atoms. The number of ether oxygens (including phenoxy) is 1. The third kappa shape index (κ3) is 35.9. The van der Waals surface area contributed by atoms with Crippen LogP contribution in [0.15, 0.2) is 103 Å². The number of nitrogens with zero attached hydrogens (tertiary/aromatic N) is 8. The van der Waals surface area contributed by atoms with E-state index in [2.05, 4.69) is 92.7 Å². The largest absolute Gasteiger partial charge is 0.522 e. The molecule has 30 heteroatoms. The number of hydrogen-bond donors (Lipinski definition) is 4. The van der Waals surface area contributed by atoms with Gasteiger partial charge in [0, 0.05) is 89.5 Å². The van der Waals surface area contributed by atoms with Crippen molar-refractivity contribution in [1.82, 2.24) is 0 Å². The van der Waals surface area contributed by atoms with Crippen molar-refractivity contribution in [2.24, 2.45) is 0 Å². The van der Waals surface area contributed by atoms with Gasteiger partial charge in [0.2, 0.25) is 32.7 Å². The van der Waals surface area contributed by atoms with Crippen LogP contribution in [-0.4, -0.2) is 40.9 Å². The molecule has 5 rings (SSSR count). The van der Waals surface area contributed by atoms with E-state index >= 15 is 0 Å². The molecule has 0 aromatic heterocycles. The van der Waals surface area contributed by atoms with Gasteiger partial charge in [-0.15, -0.1) is 0 Å². The Labute approximate surface area is 499 Å². The highest BCUT2D eigenvalue weighted by Gasteiger charge is 2.44. The summed E-state index contributed by atoms with van der Waals surface area (Å²) in [6.07, 6.45) is 0. The number of nitro groups is 2. The number of nitrogen functional groups attached to an aromatic ring is 3. The molecule has 79 heavy (non-hydrogen) atoms. The number of non-ortho nitro benzene ring substituents is 2. The van der Waals surface area contributed by atoms with Gasteiger partial charge >= 0.3 is 21.6 Å². The van der Waals surface area contributed by atoms with Crippen molar-refractivity contribution in [1.29, 1.82) is 5.26 Å². The van der Waals surface area contributed by atoms with Crippen LogP contribution in [0.25, 0.3) is 24.2 Å². The highest BCUT2D eigenvalue weighted by Crippen LogP contribution is 2.32. The first kappa shape index (κ1) is 78.4. The van der Waals surface area contributed by atoms with Gasteiger partial charge in [-0.05, 0) is 99.4 Å². The van der Waals surface area contributed by atoms with Crippen molar-refractivity contribution >= 4 is 131 Å². The molecule has 0 aliphatic heterocycles. The molecule has 0 heterocycles. The van der Waals surface area contributed by atoms with Crippen molar-refractivity contribution < 1.29 is 45.5 Å². The molecule has 0 amide bonds. The quantitative estimate of drug-likeness (QED) is 0.0214. The summed E-state index contributed by atoms with van der Waals surface area (Å²) in [5.74, 6) is -0.211. The molecule has 5 aromatic carbocycles. The van der Waals surface area contributed by atoms with E-state index in [4.69, 9.17) is 91.5 Å². The smallest absolute Gasteiger partial charge is 0.466 e. The number of nitro benzene ring substituents is 2. The second-order valence-corrected chi connectivity index (χ2v) is 18.9. The number of hydrogen-bond acceptors (Lipinski definition) is 12.